The maximum atomic E-state index is 13.3. The lowest BCUT2D eigenvalue weighted by Crippen LogP contribution is -2.45. The van der Waals surface area contributed by atoms with Gasteiger partial charge in [-0.25, -0.2) is 0 Å². The Morgan fingerprint density at radius 3 is 2.58 bits per heavy atom. The van der Waals surface area contributed by atoms with Crippen LogP contribution in [0.1, 0.15) is 28.9 Å². The summed E-state index contributed by atoms with van der Waals surface area (Å²) in [5.74, 6) is 0.668. The first-order valence-electron chi connectivity index (χ1n) is 8.12. The number of ether oxygens (including phenoxy) is 1. The molecule has 0 bridgehead atoms. The summed E-state index contributed by atoms with van der Waals surface area (Å²) in [6.45, 7) is 1.92. The molecular weight excluding hydrogens is 412 g/mol. The number of nitrogens with zero attached hydrogens (tertiary/aromatic N) is 1. The summed E-state index contributed by atoms with van der Waals surface area (Å²) in [4.78, 5) is 15.1. The van der Waals surface area contributed by atoms with Crippen LogP contribution in [0.3, 0.4) is 0 Å². The number of rotatable bonds is 4. The van der Waals surface area contributed by atoms with E-state index in [1.807, 2.05) is 67.4 Å². The zero-order chi connectivity index (χ0) is 18.8. The number of allylic oxidation sites excluding steroid dienone is 1. The van der Waals surface area contributed by atoms with Crippen LogP contribution in [0, 0.1) is 0 Å². The van der Waals surface area contributed by atoms with E-state index in [9.17, 15) is 4.79 Å². The van der Waals surface area contributed by atoms with E-state index in [2.05, 4.69) is 21.2 Å². The van der Waals surface area contributed by atoms with E-state index in [-0.39, 0.29) is 11.8 Å². The van der Waals surface area contributed by atoms with E-state index in [0.29, 0.717) is 22.0 Å². The van der Waals surface area contributed by atoms with Crippen LogP contribution in [-0.2, 0) is 0 Å². The van der Waals surface area contributed by atoms with Gasteiger partial charge in [-0.15, -0.1) is 0 Å². The maximum absolute atomic E-state index is 13.3. The van der Waals surface area contributed by atoms with Gasteiger partial charge >= 0.3 is 0 Å². The van der Waals surface area contributed by atoms with E-state index < -0.39 is 0 Å². The number of hydrogen-bond donors (Lipinski definition) is 1. The Balaban J connectivity index is 2.18. The summed E-state index contributed by atoms with van der Waals surface area (Å²) < 4.78 is 6.44. The van der Waals surface area contributed by atoms with E-state index >= 15 is 0 Å². The van der Waals surface area contributed by atoms with Crippen LogP contribution in [0.25, 0.3) is 0 Å². The quantitative estimate of drug-likeness (QED) is 0.572. The molecule has 1 atom stereocenters. The first-order valence-corrected chi connectivity index (χ1v) is 9.32. The van der Waals surface area contributed by atoms with E-state index in [1.54, 1.807) is 7.11 Å². The van der Waals surface area contributed by atoms with Crippen LogP contribution >= 0.6 is 28.1 Å². The largest absolute Gasteiger partial charge is 0.496 e. The van der Waals surface area contributed by atoms with E-state index in [4.69, 9.17) is 17.0 Å². The molecule has 1 heterocycles. The predicted molar refractivity (Wildman–Crippen MR) is 110 cm³/mol. The Hall–Kier alpha value is -2.18. The van der Waals surface area contributed by atoms with Crippen LogP contribution in [0.5, 0.6) is 5.75 Å². The summed E-state index contributed by atoms with van der Waals surface area (Å²) in [5, 5.41) is 3.86. The molecule has 1 N–H and O–H groups in total. The number of halogens is 1. The molecule has 0 aromatic heterocycles. The number of carbonyl (C=O) groups is 1. The highest BCUT2D eigenvalue weighted by Gasteiger charge is 2.34. The first kappa shape index (κ1) is 18.6. The van der Waals surface area contributed by atoms with Gasteiger partial charge in [-0.1, -0.05) is 46.3 Å². The third-order valence-corrected chi connectivity index (χ3v) is 5.42. The summed E-state index contributed by atoms with van der Waals surface area (Å²) >= 11 is 8.98. The Kier molecular flexibility index (Phi) is 5.44. The molecule has 0 spiro atoms. The zero-order valence-electron chi connectivity index (χ0n) is 14.7. The van der Waals surface area contributed by atoms with Gasteiger partial charge < -0.3 is 15.0 Å². The number of thiocarbonyl (C=S) groups is 1. The average molecular weight is 431 g/mol. The van der Waals surface area contributed by atoms with Crippen LogP contribution in [0.4, 0.5) is 0 Å². The molecule has 134 valence electrons. The van der Waals surface area contributed by atoms with Crippen molar-refractivity contribution in [1.29, 1.82) is 0 Å². The number of benzene rings is 2. The highest BCUT2D eigenvalue weighted by Crippen LogP contribution is 2.37. The van der Waals surface area contributed by atoms with Crippen molar-refractivity contribution in [2.24, 2.45) is 0 Å². The lowest BCUT2D eigenvalue weighted by atomic mass is 9.89. The second-order valence-electron chi connectivity index (χ2n) is 6.02. The van der Waals surface area contributed by atoms with Crippen molar-refractivity contribution in [1.82, 2.24) is 10.2 Å². The molecule has 1 aliphatic heterocycles. The fourth-order valence-corrected chi connectivity index (χ4v) is 3.67. The summed E-state index contributed by atoms with van der Waals surface area (Å²) in [6, 6.07) is 14.6. The van der Waals surface area contributed by atoms with Crippen LogP contribution in [0.15, 0.2) is 64.3 Å². The molecule has 1 unspecified atom stereocenters. The minimum atomic E-state index is -0.390. The molecule has 4 nitrogen and oxygen atoms in total. The van der Waals surface area contributed by atoms with Crippen LogP contribution < -0.4 is 10.1 Å². The predicted octanol–water partition coefficient (Wildman–Crippen LogP) is 4.48. The van der Waals surface area contributed by atoms with Gasteiger partial charge in [0.25, 0.3) is 0 Å². The fourth-order valence-electron chi connectivity index (χ4n) is 3.04. The number of carbonyl (C=O) groups excluding carboxylic acids is 1. The van der Waals surface area contributed by atoms with Crippen LogP contribution in [0.2, 0.25) is 0 Å². The first-order chi connectivity index (χ1) is 12.4. The van der Waals surface area contributed by atoms with Gasteiger partial charge in [0, 0.05) is 33.9 Å². The van der Waals surface area contributed by atoms with Crippen molar-refractivity contribution >= 4 is 39.0 Å². The summed E-state index contributed by atoms with van der Waals surface area (Å²) in [6.07, 6.45) is 0. The topological polar surface area (TPSA) is 41.6 Å². The van der Waals surface area contributed by atoms with Gasteiger partial charge in [0.15, 0.2) is 10.9 Å². The van der Waals surface area contributed by atoms with E-state index in [1.165, 1.54) is 0 Å². The molecule has 3 rings (SSSR count). The van der Waals surface area contributed by atoms with Crippen molar-refractivity contribution in [2.45, 2.75) is 13.0 Å². The van der Waals surface area contributed by atoms with Gasteiger partial charge in [-0.2, -0.15) is 0 Å². The minimum Gasteiger partial charge on any atom is -0.496 e. The van der Waals surface area contributed by atoms with Crippen LogP contribution in [-0.4, -0.2) is 30.0 Å². The normalized spacial score (nSPS) is 17.2. The maximum Gasteiger partial charge on any atom is 0.193 e. The fraction of sp³-hybridized carbons (Fsp3) is 0.200. The second kappa shape index (κ2) is 7.60. The van der Waals surface area contributed by atoms with Crippen molar-refractivity contribution in [3.05, 3.63) is 75.4 Å². The Morgan fingerprint density at radius 2 is 1.92 bits per heavy atom. The molecule has 26 heavy (non-hydrogen) atoms. The molecule has 0 aliphatic carbocycles. The third kappa shape index (κ3) is 3.39. The Morgan fingerprint density at radius 1 is 1.23 bits per heavy atom. The molecule has 0 amide bonds. The molecule has 0 saturated carbocycles. The van der Waals surface area contributed by atoms with Gasteiger partial charge in [0.1, 0.15) is 5.75 Å². The molecule has 2 aromatic carbocycles. The smallest absolute Gasteiger partial charge is 0.193 e. The molecule has 0 fully saturated rings. The molecule has 1 aliphatic rings. The van der Waals surface area contributed by atoms with Gasteiger partial charge in [0.2, 0.25) is 0 Å². The third-order valence-electron chi connectivity index (χ3n) is 4.54. The SMILES string of the molecule is COc1ccc(Br)cc1C1NC(=S)N(C)C(C)=C1C(=O)c1ccccc1. The number of Topliss-reactive ketones (excluding diaryl/α,β-unsaturated/α-hetero) is 1. The Labute approximate surface area is 167 Å². The molecule has 6 heteroatoms. The van der Waals surface area contributed by atoms with Gasteiger partial charge in [-0.3, -0.25) is 4.79 Å². The number of ketones is 1. The van der Waals surface area contributed by atoms with Crippen molar-refractivity contribution in [3.8, 4) is 5.75 Å². The standard InChI is InChI=1S/C20H19BrN2O2S/c1-12-17(19(24)13-7-5-4-6-8-13)18(22-20(26)23(12)2)15-11-14(21)9-10-16(15)25-3/h4-11,18H,1-3H3,(H,22,26). The average Bonchev–Trinajstić information content (AvgIpc) is 2.66. The lowest BCUT2D eigenvalue weighted by Gasteiger charge is -2.36. The second-order valence-corrected chi connectivity index (χ2v) is 7.32. The monoisotopic (exact) mass is 430 g/mol. The van der Waals surface area contributed by atoms with Gasteiger partial charge in [0.05, 0.1) is 13.2 Å². The van der Waals surface area contributed by atoms with Gasteiger partial charge in [-0.05, 0) is 37.3 Å². The van der Waals surface area contributed by atoms with E-state index in [0.717, 1.165) is 15.7 Å². The highest BCUT2D eigenvalue weighted by molar-refractivity contribution is 9.10. The summed E-state index contributed by atoms with van der Waals surface area (Å²) in [5.41, 5.74) is 2.98. The Bertz CT molecular complexity index is 896. The van der Waals surface area contributed by atoms with Crippen molar-refractivity contribution < 1.29 is 9.53 Å². The number of hydrogen-bond acceptors (Lipinski definition) is 3. The van der Waals surface area contributed by atoms with Crippen molar-refractivity contribution in [3.63, 3.8) is 0 Å². The number of nitrogens with one attached hydrogen (secondary N) is 1. The molecular formula is C20H19BrN2O2S. The zero-order valence-corrected chi connectivity index (χ0v) is 17.1. The molecule has 0 saturated heterocycles. The van der Waals surface area contributed by atoms with Crippen molar-refractivity contribution in [2.75, 3.05) is 14.2 Å². The lowest BCUT2D eigenvalue weighted by molar-refractivity contribution is 0.102. The molecule has 0 radical (unpaired) electrons. The number of methoxy groups -OCH3 is 1. The molecule has 2 aromatic rings. The minimum absolute atomic E-state index is 0.0306. The highest BCUT2D eigenvalue weighted by atomic mass is 79.9. The summed E-state index contributed by atoms with van der Waals surface area (Å²) in [7, 11) is 3.48.